The van der Waals surface area contributed by atoms with Crippen LogP contribution in [0.4, 0.5) is 0 Å². The van der Waals surface area contributed by atoms with Gasteiger partial charge in [0.2, 0.25) is 0 Å². The molecule has 0 fully saturated rings. The minimum atomic E-state index is -5.02. The van der Waals surface area contributed by atoms with Crippen molar-refractivity contribution in [1.29, 1.82) is 0 Å². The van der Waals surface area contributed by atoms with Gasteiger partial charge in [0.25, 0.3) is 0 Å². The lowest BCUT2D eigenvalue weighted by Crippen LogP contribution is -2.22. The zero-order valence-electron chi connectivity index (χ0n) is 33.7. The van der Waals surface area contributed by atoms with Gasteiger partial charge in [-0.3, -0.25) is 9.79 Å². The molecule has 0 unspecified atom stereocenters. The minimum Gasteiger partial charge on any atom is -0.404 e. The molecule has 0 aromatic heterocycles. The van der Waals surface area contributed by atoms with Gasteiger partial charge in [-0.05, 0) is 88.4 Å². The van der Waals surface area contributed by atoms with Gasteiger partial charge in [0.15, 0.2) is 0 Å². The number of fused-ring (bicyclic) bond motifs is 2. The van der Waals surface area contributed by atoms with E-state index >= 15 is 4.57 Å². The Balaban J connectivity index is 1.67. The molecular formula is C44H54O8P2. The molecule has 54 heavy (non-hydrogen) atoms. The van der Waals surface area contributed by atoms with E-state index in [0.717, 1.165) is 44.5 Å². The molecule has 4 aromatic rings. The fraction of sp³-hybridized carbons (Fsp3) is 0.455. The second kappa shape index (κ2) is 12.5. The summed E-state index contributed by atoms with van der Waals surface area (Å²) in [5.41, 5.74) is 9.17. The van der Waals surface area contributed by atoms with E-state index in [0.29, 0.717) is 52.3 Å². The lowest BCUT2D eigenvalue weighted by Gasteiger charge is -2.34. The van der Waals surface area contributed by atoms with Crippen LogP contribution in [-0.4, -0.2) is 9.79 Å². The highest BCUT2D eigenvalue weighted by atomic mass is 31.2. The molecule has 288 valence electrons. The number of hydrogen-bond acceptors (Lipinski definition) is 6. The van der Waals surface area contributed by atoms with Crippen LogP contribution < -0.4 is 18.1 Å². The van der Waals surface area contributed by atoms with E-state index in [9.17, 15) is 14.4 Å². The zero-order chi connectivity index (χ0) is 39.6. The largest absolute Gasteiger partial charge is 0.647 e. The van der Waals surface area contributed by atoms with E-state index in [4.69, 9.17) is 18.1 Å². The number of phosphoric acid groups is 2. The van der Waals surface area contributed by atoms with Crippen molar-refractivity contribution in [3.63, 3.8) is 0 Å². The van der Waals surface area contributed by atoms with Crippen molar-refractivity contribution in [3.8, 4) is 23.0 Å². The van der Waals surface area contributed by atoms with Crippen molar-refractivity contribution in [2.75, 3.05) is 0 Å². The van der Waals surface area contributed by atoms with Crippen molar-refractivity contribution >= 4 is 15.6 Å². The number of rotatable bonds is 2. The fourth-order valence-electron chi connectivity index (χ4n) is 7.60. The lowest BCUT2D eigenvalue weighted by atomic mass is 9.79. The maximum absolute atomic E-state index is 15.4. The average Bonchev–Trinajstić information content (AvgIpc) is 2.98. The van der Waals surface area contributed by atoms with Gasteiger partial charge in [-0.1, -0.05) is 132 Å². The van der Waals surface area contributed by atoms with Crippen molar-refractivity contribution in [2.24, 2.45) is 0 Å². The molecule has 0 radical (unpaired) electrons. The molecule has 2 N–H and O–H groups in total. The van der Waals surface area contributed by atoms with Crippen LogP contribution in [0.5, 0.6) is 23.0 Å². The average molecular weight is 773 g/mol. The van der Waals surface area contributed by atoms with Gasteiger partial charge in [-0.15, -0.1) is 0 Å². The molecule has 3 aliphatic heterocycles. The standard InChI is InChI=1S/C44H54O8P2/c1-41(2,3)33-17-25-13-27-19-34(42(4,5)6)21-29-15-31-23-36(44(10,11)12)24-32-16-30-22-35(43(7,8)9)20-28(14-26(18-33)37(25)49-53(45,46)47)39(30)51-54(48,50-38(27)29)52-40(31)32/h17-24H,13-16H2,1-12H3,(H2,45,46,47). The monoisotopic (exact) mass is 772 g/mol. The van der Waals surface area contributed by atoms with Crippen molar-refractivity contribution < 1.29 is 37.0 Å². The van der Waals surface area contributed by atoms with Gasteiger partial charge >= 0.3 is 15.6 Å². The molecule has 10 heteroatoms. The predicted octanol–water partition coefficient (Wildman–Crippen LogP) is 11.3. The summed E-state index contributed by atoms with van der Waals surface area (Å²) in [5, 5.41) is 0. The summed E-state index contributed by atoms with van der Waals surface area (Å²) in [5.74, 6) is 1.40. The van der Waals surface area contributed by atoms with Crippen molar-refractivity contribution in [3.05, 3.63) is 115 Å². The first-order valence-electron chi connectivity index (χ1n) is 18.8. The first-order chi connectivity index (χ1) is 24.7. The van der Waals surface area contributed by atoms with Crippen LogP contribution in [0.3, 0.4) is 0 Å². The van der Waals surface area contributed by atoms with E-state index < -0.39 is 15.6 Å². The third kappa shape index (κ3) is 7.52. The molecule has 0 amide bonds. The zero-order valence-corrected chi connectivity index (χ0v) is 35.5. The van der Waals surface area contributed by atoms with Crippen LogP contribution in [0.25, 0.3) is 0 Å². The molecule has 3 aliphatic rings. The Bertz CT molecular complexity index is 2180. The Morgan fingerprint density at radius 1 is 0.481 bits per heavy atom. The second-order valence-corrected chi connectivity index (χ2v) is 22.1. The summed E-state index contributed by atoms with van der Waals surface area (Å²) in [6.07, 6.45) is 1.24. The highest BCUT2D eigenvalue weighted by molar-refractivity contribution is 7.49. The smallest absolute Gasteiger partial charge is 0.404 e. The summed E-state index contributed by atoms with van der Waals surface area (Å²) in [6.45, 7) is 25.8. The second-order valence-electron chi connectivity index (χ2n) is 19.5. The summed E-state index contributed by atoms with van der Waals surface area (Å²) >= 11 is 0. The molecular weight excluding hydrogens is 718 g/mol. The summed E-state index contributed by atoms with van der Waals surface area (Å²) < 4.78 is 53.8. The van der Waals surface area contributed by atoms with E-state index in [2.05, 4.69) is 107 Å². The Labute approximate surface area is 320 Å². The molecule has 8 nitrogen and oxygen atoms in total. The molecule has 0 atom stereocenters. The number of hydrogen-bond donors (Lipinski definition) is 2. The first kappa shape index (κ1) is 38.7. The number of phosphoric ester groups is 2. The van der Waals surface area contributed by atoms with E-state index in [-0.39, 0.29) is 40.3 Å². The van der Waals surface area contributed by atoms with Crippen LogP contribution in [0.2, 0.25) is 0 Å². The highest BCUT2D eigenvalue weighted by Crippen LogP contribution is 2.59. The maximum Gasteiger partial charge on any atom is 0.647 e. The van der Waals surface area contributed by atoms with E-state index in [1.807, 2.05) is 24.3 Å². The van der Waals surface area contributed by atoms with Gasteiger partial charge in [0, 0.05) is 25.7 Å². The normalized spacial score (nSPS) is 16.4. The third-order valence-corrected chi connectivity index (χ3v) is 12.4. The molecule has 0 saturated carbocycles. The van der Waals surface area contributed by atoms with Gasteiger partial charge < -0.3 is 18.1 Å². The van der Waals surface area contributed by atoms with E-state index in [1.165, 1.54) is 0 Å². The summed E-state index contributed by atoms with van der Waals surface area (Å²) in [7, 11) is -9.43. The predicted molar refractivity (Wildman–Crippen MR) is 214 cm³/mol. The summed E-state index contributed by atoms with van der Waals surface area (Å²) in [4.78, 5) is 20.7. The molecule has 3 heterocycles. The molecule has 6 bridgehead atoms. The lowest BCUT2D eigenvalue weighted by molar-refractivity contribution is 0.281. The van der Waals surface area contributed by atoms with Gasteiger partial charge in [-0.2, -0.15) is 4.57 Å². The third-order valence-electron chi connectivity index (χ3n) is 10.8. The van der Waals surface area contributed by atoms with Gasteiger partial charge in [0.1, 0.15) is 23.0 Å². The van der Waals surface area contributed by atoms with Crippen LogP contribution in [0, 0.1) is 0 Å². The van der Waals surface area contributed by atoms with Gasteiger partial charge in [-0.25, -0.2) is 4.57 Å². The van der Waals surface area contributed by atoms with Gasteiger partial charge in [0.05, 0.1) is 0 Å². The van der Waals surface area contributed by atoms with Crippen LogP contribution in [0.1, 0.15) is 150 Å². The Hall–Kier alpha value is -3.54. The highest BCUT2D eigenvalue weighted by Gasteiger charge is 2.43. The SMILES string of the molecule is CC(C)(C)c1cc2c(OP(=O)(O)O)c(c1)Cc1cc(C(C)(C)C)cc3c1OP1(=O)Oc4c(cc(C(C)(C)C)cc4Cc4cc(C(C)(C)C)cc(c4O1)C3)C2. The Morgan fingerprint density at radius 3 is 0.926 bits per heavy atom. The minimum absolute atomic E-state index is 0.125. The first-order valence-corrected chi connectivity index (χ1v) is 21.8. The fourth-order valence-corrected chi connectivity index (χ4v) is 9.56. The molecule has 0 aliphatic carbocycles. The number of benzene rings is 4. The van der Waals surface area contributed by atoms with Crippen LogP contribution >= 0.6 is 15.6 Å². The topological polar surface area (TPSA) is 112 Å². The van der Waals surface area contributed by atoms with Crippen molar-refractivity contribution in [1.82, 2.24) is 0 Å². The molecule has 0 saturated heterocycles. The van der Waals surface area contributed by atoms with Crippen molar-refractivity contribution in [2.45, 2.75) is 130 Å². The van der Waals surface area contributed by atoms with Crippen LogP contribution in [0.15, 0.2) is 48.5 Å². The van der Waals surface area contributed by atoms with Crippen LogP contribution in [-0.2, 0) is 56.5 Å². The van der Waals surface area contributed by atoms with E-state index in [1.54, 1.807) is 0 Å². The molecule has 4 aromatic carbocycles. The maximum atomic E-state index is 15.4. The quantitative estimate of drug-likeness (QED) is 0.171. The Kier molecular flexibility index (Phi) is 8.95. The Morgan fingerprint density at radius 2 is 0.704 bits per heavy atom. The molecule has 0 spiro atoms. The summed E-state index contributed by atoms with van der Waals surface area (Å²) in [6, 6.07) is 16.6. The molecule has 7 rings (SSSR count).